The Bertz CT molecular complexity index is 969. The van der Waals surface area contributed by atoms with Gasteiger partial charge in [-0.05, 0) is 55.1 Å². The molecule has 146 valence electrons. The second-order valence-corrected chi connectivity index (χ2v) is 8.26. The lowest BCUT2D eigenvalue weighted by atomic mass is 9.93. The number of methoxy groups -OCH3 is 1. The zero-order chi connectivity index (χ0) is 19.7. The van der Waals surface area contributed by atoms with Crippen LogP contribution in [0.4, 0.5) is 4.39 Å². The van der Waals surface area contributed by atoms with Crippen LogP contribution in [0.25, 0.3) is 10.1 Å². The van der Waals surface area contributed by atoms with Gasteiger partial charge in [-0.25, -0.2) is 4.39 Å². The van der Waals surface area contributed by atoms with Crippen molar-refractivity contribution in [2.24, 2.45) is 5.92 Å². The zero-order valence-electron chi connectivity index (χ0n) is 15.6. The average Bonchev–Trinajstić information content (AvgIpc) is 3.12. The van der Waals surface area contributed by atoms with E-state index in [1.54, 1.807) is 24.5 Å². The minimum Gasteiger partial charge on any atom is -0.496 e. The Balaban J connectivity index is 1.83. The third-order valence-electron chi connectivity index (χ3n) is 5.37. The topological polar surface area (TPSA) is 49.8 Å². The number of benzene rings is 2. The van der Waals surface area contributed by atoms with Crippen LogP contribution in [0.2, 0.25) is 0 Å². The molecular weight excluding hydrogens is 377 g/mol. The second kappa shape index (κ2) is 7.89. The molecular formula is C22H22FNO3S. The summed E-state index contributed by atoms with van der Waals surface area (Å²) >= 11 is 1.66. The summed E-state index contributed by atoms with van der Waals surface area (Å²) in [5.74, 6) is -0.897. The summed E-state index contributed by atoms with van der Waals surface area (Å²) in [6.45, 7) is 1.20. The zero-order valence-corrected chi connectivity index (χ0v) is 16.4. The summed E-state index contributed by atoms with van der Waals surface area (Å²) < 4.78 is 20.9. The number of nitrogens with zero attached hydrogens (tertiary/aromatic N) is 1. The molecule has 28 heavy (non-hydrogen) atoms. The first kappa shape index (κ1) is 18.9. The Labute approximate surface area is 167 Å². The molecule has 2 aromatic carbocycles. The Morgan fingerprint density at radius 1 is 1.29 bits per heavy atom. The number of piperidine rings is 1. The van der Waals surface area contributed by atoms with Gasteiger partial charge in [0.05, 0.1) is 19.1 Å². The van der Waals surface area contributed by atoms with E-state index < -0.39 is 11.9 Å². The highest BCUT2D eigenvalue weighted by Crippen LogP contribution is 2.41. The first-order valence-corrected chi connectivity index (χ1v) is 10.2. The number of hydrogen-bond donors (Lipinski definition) is 1. The Morgan fingerprint density at radius 2 is 2.11 bits per heavy atom. The molecule has 1 aromatic heterocycles. The van der Waals surface area contributed by atoms with E-state index in [2.05, 4.69) is 23.1 Å². The van der Waals surface area contributed by atoms with Gasteiger partial charge in [-0.2, -0.15) is 0 Å². The number of halogens is 1. The standard InChI is InChI=1S/C22H22FNO3S/c1-27-18-9-8-16(23)12-17(18)21(24-10-4-6-15(13-24)22(25)26)20-11-14-5-2-3-7-19(14)28-20/h2-3,5,7-9,11-12,15,21H,4,6,10,13H2,1H3,(H,25,26). The number of likely N-dealkylation sites (tertiary alicyclic amines) is 1. The summed E-state index contributed by atoms with van der Waals surface area (Å²) in [4.78, 5) is 14.8. The highest BCUT2D eigenvalue weighted by atomic mass is 32.1. The molecule has 2 atom stereocenters. The average molecular weight is 399 g/mol. The highest BCUT2D eigenvalue weighted by Gasteiger charge is 2.33. The largest absolute Gasteiger partial charge is 0.496 e. The van der Waals surface area contributed by atoms with Gasteiger partial charge in [-0.3, -0.25) is 9.69 Å². The van der Waals surface area contributed by atoms with E-state index in [0.717, 1.165) is 33.5 Å². The smallest absolute Gasteiger partial charge is 0.307 e. The third kappa shape index (κ3) is 3.62. The van der Waals surface area contributed by atoms with Crippen LogP contribution in [0.3, 0.4) is 0 Å². The minimum absolute atomic E-state index is 0.245. The summed E-state index contributed by atoms with van der Waals surface area (Å²) in [6.07, 6.45) is 1.47. The van der Waals surface area contributed by atoms with E-state index >= 15 is 0 Å². The maximum Gasteiger partial charge on any atom is 0.307 e. The van der Waals surface area contributed by atoms with Gasteiger partial charge in [-0.15, -0.1) is 11.3 Å². The second-order valence-electron chi connectivity index (χ2n) is 7.15. The molecule has 0 radical (unpaired) electrons. The molecule has 1 aliphatic rings. The number of thiophene rings is 1. The number of carboxylic acid groups (broad SMARTS) is 1. The number of carboxylic acids is 1. The number of rotatable bonds is 5. The van der Waals surface area contributed by atoms with Crippen molar-refractivity contribution < 1.29 is 19.0 Å². The molecule has 1 fully saturated rings. The summed E-state index contributed by atoms with van der Waals surface area (Å²) in [7, 11) is 1.58. The summed E-state index contributed by atoms with van der Waals surface area (Å²) in [5.41, 5.74) is 0.736. The Morgan fingerprint density at radius 3 is 2.86 bits per heavy atom. The van der Waals surface area contributed by atoms with Gasteiger partial charge in [0.1, 0.15) is 11.6 Å². The first-order chi connectivity index (χ1) is 13.6. The lowest BCUT2D eigenvalue weighted by molar-refractivity contribution is -0.143. The lowest BCUT2D eigenvalue weighted by Gasteiger charge is -2.37. The predicted molar refractivity (Wildman–Crippen MR) is 109 cm³/mol. The van der Waals surface area contributed by atoms with Gasteiger partial charge in [0, 0.05) is 21.7 Å². The monoisotopic (exact) mass is 399 g/mol. The van der Waals surface area contributed by atoms with Crippen LogP contribution in [0.15, 0.2) is 48.5 Å². The van der Waals surface area contributed by atoms with Gasteiger partial charge in [0.15, 0.2) is 0 Å². The maximum absolute atomic E-state index is 14.2. The number of hydrogen-bond acceptors (Lipinski definition) is 4. The van der Waals surface area contributed by atoms with Crippen molar-refractivity contribution in [1.82, 2.24) is 4.90 Å². The number of fused-ring (bicyclic) bond motifs is 1. The van der Waals surface area contributed by atoms with E-state index in [1.165, 1.54) is 12.1 Å². The molecule has 0 bridgehead atoms. The fourth-order valence-electron chi connectivity index (χ4n) is 4.03. The van der Waals surface area contributed by atoms with Gasteiger partial charge in [0.2, 0.25) is 0 Å². The quantitative estimate of drug-likeness (QED) is 0.661. The SMILES string of the molecule is COc1ccc(F)cc1C(c1cc2ccccc2s1)N1CCCC(C(=O)O)C1. The van der Waals surface area contributed by atoms with Crippen molar-refractivity contribution in [2.45, 2.75) is 18.9 Å². The van der Waals surface area contributed by atoms with Crippen LogP contribution in [0.1, 0.15) is 29.3 Å². The molecule has 6 heteroatoms. The van der Waals surface area contributed by atoms with Gasteiger partial charge in [0.25, 0.3) is 0 Å². The summed E-state index contributed by atoms with van der Waals surface area (Å²) in [6, 6.07) is 14.6. The maximum atomic E-state index is 14.2. The number of ether oxygens (including phenoxy) is 1. The van der Waals surface area contributed by atoms with E-state index in [0.29, 0.717) is 18.7 Å². The highest BCUT2D eigenvalue weighted by molar-refractivity contribution is 7.19. The number of aliphatic carboxylic acids is 1. The number of carbonyl (C=O) groups is 1. The third-order valence-corrected chi connectivity index (χ3v) is 6.54. The normalized spacial score (nSPS) is 18.9. The van der Waals surface area contributed by atoms with Crippen molar-refractivity contribution in [3.05, 3.63) is 64.8 Å². The van der Waals surface area contributed by atoms with E-state index in [-0.39, 0.29) is 11.9 Å². The molecule has 1 aliphatic heterocycles. The van der Waals surface area contributed by atoms with Crippen LogP contribution in [0.5, 0.6) is 5.75 Å². The molecule has 0 aliphatic carbocycles. The van der Waals surface area contributed by atoms with Crippen molar-refractivity contribution in [2.75, 3.05) is 20.2 Å². The molecule has 4 rings (SSSR count). The molecule has 4 nitrogen and oxygen atoms in total. The predicted octanol–water partition coefficient (Wildman–Crippen LogP) is 4.94. The molecule has 0 saturated carbocycles. The van der Waals surface area contributed by atoms with Crippen LogP contribution in [-0.4, -0.2) is 36.2 Å². The van der Waals surface area contributed by atoms with Gasteiger partial charge >= 0.3 is 5.97 Å². The Kier molecular flexibility index (Phi) is 5.33. The van der Waals surface area contributed by atoms with Crippen LogP contribution < -0.4 is 4.74 Å². The van der Waals surface area contributed by atoms with Crippen molar-refractivity contribution in [3.63, 3.8) is 0 Å². The van der Waals surface area contributed by atoms with E-state index in [9.17, 15) is 14.3 Å². The van der Waals surface area contributed by atoms with Gasteiger partial charge < -0.3 is 9.84 Å². The Hall–Kier alpha value is -2.44. The molecule has 1 N–H and O–H groups in total. The molecule has 1 saturated heterocycles. The first-order valence-electron chi connectivity index (χ1n) is 9.35. The molecule has 2 unspecified atom stereocenters. The molecule has 2 heterocycles. The molecule has 3 aromatic rings. The minimum atomic E-state index is -0.772. The summed E-state index contributed by atoms with van der Waals surface area (Å²) in [5, 5.41) is 10.7. The van der Waals surface area contributed by atoms with Crippen molar-refractivity contribution in [3.8, 4) is 5.75 Å². The fraction of sp³-hybridized carbons (Fsp3) is 0.318. The molecule has 0 amide bonds. The van der Waals surface area contributed by atoms with Crippen LogP contribution in [-0.2, 0) is 4.79 Å². The van der Waals surface area contributed by atoms with Crippen molar-refractivity contribution in [1.29, 1.82) is 0 Å². The van der Waals surface area contributed by atoms with Crippen LogP contribution in [0, 0.1) is 11.7 Å². The van der Waals surface area contributed by atoms with E-state index in [1.807, 2.05) is 12.1 Å². The van der Waals surface area contributed by atoms with E-state index in [4.69, 9.17) is 4.74 Å². The van der Waals surface area contributed by atoms with Crippen molar-refractivity contribution >= 4 is 27.4 Å². The lowest BCUT2D eigenvalue weighted by Crippen LogP contribution is -2.41. The van der Waals surface area contributed by atoms with Crippen LogP contribution >= 0.6 is 11.3 Å². The fourth-order valence-corrected chi connectivity index (χ4v) is 5.25. The van der Waals surface area contributed by atoms with Gasteiger partial charge in [-0.1, -0.05) is 18.2 Å². The molecule has 0 spiro atoms.